The number of amides is 1. The maximum Gasteiger partial charge on any atom is 0.227 e. The summed E-state index contributed by atoms with van der Waals surface area (Å²) >= 11 is 9.08. The van der Waals surface area contributed by atoms with Gasteiger partial charge in [0.05, 0.1) is 23.7 Å². The molecule has 6 heteroatoms. The second-order valence-corrected chi connectivity index (χ2v) is 5.52. The van der Waals surface area contributed by atoms with E-state index in [-0.39, 0.29) is 24.6 Å². The standard InChI is InChI=1S/C15H12BrClFNO2/c16-10-5-6-13(12(18)9-10)19-15(20)7-8-21-14-4-2-1-3-11(14)17/h1-6,9H,7-8H2,(H,19,20). The molecule has 0 atom stereocenters. The third-order valence-electron chi connectivity index (χ3n) is 2.63. The molecule has 2 aromatic carbocycles. The van der Waals surface area contributed by atoms with Crippen molar-refractivity contribution in [2.24, 2.45) is 0 Å². The SMILES string of the molecule is O=C(CCOc1ccccc1Cl)Nc1ccc(Br)cc1F. The molecule has 0 spiro atoms. The van der Waals surface area contributed by atoms with Crippen molar-refractivity contribution in [2.75, 3.05) is 11.9 Å². The minimum atomic E-state index is -0.496. The highest BCUT2D eigenvalue weighted by molar-refractivity contribution is 9.10. The zero-order valence-corrected chi connectivity index (χ0v) is 13.2. The Labute approximate surface area is 135 Å². The highest BCUT2D eigenvalue weighted by Crippen LogP contribution is 2.23. The van der Waals surface area contributed by atoms with Crippen LogP contribution in [0.4, 0.5) is 10.1 Å². The number of para-hydroxylation sites is 1. The zero-order valence-electron chi connectivity index (χ0n) is 10.9. The van der Waals surface area contributed by atoms with Gasteiger partial charge in [0.15, 0.2) is 0 Å². The van der Waals surface area contributed by atoms with Gasteiger partial charge in [0.1, 0.15) is 11.6 Å². The fraction of sp³-hybridized carbons (Fsp3) is 0.133. The molecule has 2 aromatic rings. The Morgan fingerprint density at radius 2 is 2.05 bits per heavy atom. The molecule has 2 rings (SSSR count). The van der Waals surface area contributed by atoms with Crippen molar-refractivity contribution in [3.8, 4) is 5.75 Å². The van der Waals surface area contributed by atoms with Gasteiger partial charge in [0.2, 0.25) is 5.91 Å². The third kappa shape index (κ3) is 4.72. The Kier molecular flexibility index (Phi) is 5.59. The number of benzene rings is 2. The molecule has 0 heterocycles. The van der Waals surface area contributed by atoms with Crippen LogP contribution >= 0.6 is 27.5 Å². The Morgan fingerprint density at radius 1 is 1.29 bits per heavy atom. The van der Waals surface area contributed by atoms with Crippen molar-refractivity contribution in [1.82, 2.24) is 0 Å². The van der Waals surface area contributed by atoms with E-state index in [1.54, 1.807) is 30.3 Å². The summed E-state index contributed by atoms with van der Waals surface area (Å²) in [5.74, 6) is -0.310. The molecular formula is C15H12BrClFNO2. The van der Waals surface area contributed by atoms with E-state index in [4.69, 9.17) is 16.3 Å². The van der Waals surface area contributed by atoms with E-state index >= 15 is 0 Å². The van der Waals surface area contributed by atoms with E-state index in [2.05, 4.69) is 21.2 Å². The number of halogens is 3. The molecule has 0 aliphatic rings. The van der Waals surface area contributed by atoms with Crippen molar-refractivity contribution in [2.45, 2.75) is 6.42 Å². The first-order valence-electron chi connectivity index (χ1n) is 6.18. The van der Waals surface area contributed by atoms with Gasteiger partial charge in [0, 0.05) is 4.47 Å². The highest BCUT2D eigenvalue weighted by atomic mass is 79.9. The summed E-state index contributed by atoms with van der Waals surface area (Å²) < 4.78 is 19.6. The van der Waals surface area contributed by atoms with Crippen LogP contribution in [0.1, 0.15) is 6.42 Å². The second-order valence-electron chi connectivity index (χ2n) is 4.20. The third-order valence-corrected chi connectivity index (χ3v) is 3.43. The molecule has 0 radical (unpaired) electrons. The summed E-state index contributed by atoms with van der Waals surface area (Å²) in [7, 11) is 0. The van der Waals surface area contributed by atoms with Crippen molar-refractivity contribution < 1.29 is 13.9 Å². The van der Waals surface area contributed by atoms with Gasteiger partial charge in [-0.15, -0.1) is 0 Å². The molecule has 0 bridgehead atoms. The number of hydrogen-bond acceptors (Lipinski definition) is 2. The van der Waals surface area contributed by atoms with Gasteiger partial charge in [-0.25, -0.2) is 4.39 Å². The average molecular weight is 373 g/mol. The van der Waals surface area contributed by atoms with Crippen molar-refractivity contribution in [3.63, 3.8) is 0 Å². The first-order chi connectivity index (χ1) is 10.1. The summed E-state index contributed by atoms with van der Waals surface area (Å²) in [6, 6.07) is 11.4. The van der Waals surface area contributed by atoms with Gasteiger partial charge in [-0.2, -0.15) is 0 Å². The predicted octanol–water partition coefficient (Wildman–Crippen LogP) is 4.65. The van der Waals surface area contributed by atoms with E-state index in [9.17, 15) is 9.18 Å². The van der Waals surface area contributed by atoms with Crippen LogP contribution in [0.15, 0.2) is 46.9 Å². The number of anilines is 1. The van der Waals surface area contributed by atoms with E-state index in [0.717, 1.165) is 0 Å². The molecule has 0 aromatic heterocycles. The van der Waals surface area contributed by atoms with Crippen molar-refractivity contribution in [3.05, 3.63) is 57.8 Å². The van der Waals surface area contributed by atoms with Crippen molar-refractivity contribution in [1.29, 1.82) is 0 Å². The van der Waals surface area contributed by atoms with Gasteiger partial charge in [-0.1, -0.05) is 39.7 Å². The normalized spacial score (nSPS) is 10.2. The molecule has 1 amide bonds. The van der Waals surface area contributed by atoms with Crippen molar-refractivity contribution >= 4 is 39.1 Å². The molecule has 0 saturated heterocycles. The highest BCUT2D eigenvalue weighted by Gasteiger charge is 2.08. The number of hydrogen-bond donors (Lipinski definition) is 1. The molecule has 3 nitrogen and oxygen atoms in total. The number of rotatable bonds is 5. The van der Waals surface area contributed by atoms with Gasteiger partial charge < -0.3 is 10.1 Å². The maximum absolute atomic E-state index is 13.6. The van der Waals surface area contributed by atoms with E-state index in [1.165, 1.54) is 12.1 Å². The van der Waals surface area contributed by atoms with Crippen LogP contribution in [0.3, 0.4) is 0 Å². The Balaban J connectivity index is 1.84. The summed E-state index contributed by atoms with van der Waals surface area (Å²) in [5, 5.41) is 2.97. The quantitative estimate of drug-likeness (QED) is 0.830. The van der Waals surface area contributed by atoms with E-state index in [1.807, 2.05) is 0 Å². The monoisotopic (exact) mass is 371 g/mol. The molecule has 1 N–H and O–H groups in total. The smallest absolute Gasteiger partial charge is 0.227 e. The number of carbonyl (C=O) groups is 1. The molecular weight excluding hydrogens is 361 g/mol. The lowest BCUT2D eigenvalue weighted by Crippen LogP contribution is -2.16. The van der Waals surface area contributed by atoms with Gasteiger partial charge in [-0.3, -0.25) is 4.79 Å². The van der Waals surface area contributed by atoms with Crippen LogP contribution in [-0.4, -0.2) is 12.5 Å². The summed E-state index contributed by atoms with van der Waals surface area (Å²) in [6.45, 7) is 0.160. The van der Waals surface area contributed by atoms with Gasteiger partial charge >= 0.3 is 0 Å². The molecule has 0 aliphatic carbocycles. The second kappa shape index (κ2) is 7.43. The molecule has 0 aliphatic heterocycles. The molecule has 110 valence electrons. The minimum absolute atomic E-state index is 0.0979. The molecule has 21 heavy (non-hydrogen) atoms. The maximum atomic E-state index is 13.6. The summed E-state index contributed by atoms with van der Waals surface area (Å²) in [5.41, 5.74) is 0.140. The van der Waals surface area contributed by atoms with Crippen LogP contribution in [0, 0.1) is 5.82 Å². The number of ether oxygens (including phenoxy) is 1. The lowest BCUT2D eigenvalue weighted by Gasteiger charge is -2.09. The van der Waals surface area contributed by atoms with Gasteiger partial charge in [0.25, 0.3) is 0 Å². The van der Waals surface area contributed by atoms with E-state index in [0.29, 0.717) is 15.2 Å². The lowest BCUT2D eigenvalue weighted by atomic mass is 10.3. The first-order valence-corrected chi connectivity index (χ1v) is 7.35. The average Bonchev–Trinajstić information content (AvgIpc) is 2.44. The molecule has 0 unspecified atom stereocenters. The first kappa shape index (κ1) is 15.8. The molecule has 0 fully saturated rings. The Bertz CT molecular complexity index is 651. The predicted molar refractivity (Wildman–Crippen MR) is 84.3 cm³/mol. The summed E-state index contributed by atoms with van der Waals surface area (Å²) in [6.07, 6.45) is 0.0979. The molecule has 0 saturated carbocycles. The Hall–Kier alpha value is -1.59. The van der Waals surface area contributed by atoms with Gasteiger partial charge in [-0.05, 0) is 30.3 Å². The largest absolute Gasteiger partial charge is 0.491 e. The van der Waals surface area contributed by atoms with Crippen LogP contribution in [0.2, 0.25) is 5.02 Å². The fourth-order valence-electron chi connectivity index (χ4n) is 1.62. The zero-order chi connectivity index (χ0) is 15.2. The number of carbonyl (C=O) groups excluding carboxylic acids is 1. The fourth-order valence-corrected chi connectivity index (χ4v) is 2.14. The number of nitrogens with one attached hydrogen (secondary N) is 1. The van der Waals surface area contributed by atoms with Crippen LogP contribution < -0.4 is 10.1 Å². The minimum Gasteiger partial charge on any atom is -0.491 e. The van der Waals surface area contributed by atoms with Crippen LogP contribution in [0.25, 0.3) is 0 Å². The summed E-state index contributed by atoms with van der Waals surface area (Å²) in [4.78, 5) is 11.7. The van der Waals surface area contributed by atoms with Crippen LogP contribution in [-0.2, 0) is 4.79 Å². The topological polar surface area (TPSA) is 38.3 Å². The van der Waals surface area contributed by atoms with Crippen LogP contribution in [0.5, 0.6) is 5.75 Å². The van der Waals surface area contributed by atoms with E-state index < -0.39 is 5.82 Å². The lowest BCUT2D eigenvalue weighted by molar-refractivity contribution is -0.116. The Morgan fingerprint density at radius 3 is 2.76 bits per heavy atom.